The van der Waals surface area contributed by atoms with Crippen LogP contribution in [-0.2, 0) is 14.2 Å². The van der Waals surface area contributed by atoms with Gasteiger partial charge in [0.1, 0.15) is 0 Å². The highest BCUT2D eigenvalue weighted by atomic mass is 16.5. The number of ether oxygens (including phenoxy) is 3. The molecule has 0 amide bonds. The summed E-state index contributed by atoms with van der Waals surface area (Å²) in [6.45, 7) is 8.89. The first-order valence-electron chi connectivity index (χ1n) is 8.90. The van der Waals surface area contributed by atoms with Gasteiger partial charge >= 0.3 is 0 Å². The Hall–Kier alpha value is -0.200. The molecule has 1 aliphatic heterocycles. The van der Waals surface area contributed by atoms with Gasteiger partial charge in [0.15, 0.2) is 0 Å². The van der Waals surface area contributed by atoms with E-state index in [4.69, 9.17) is 14.2 Å². The van der Waals surface area contributed by atoms with Crippen molar-refractivity contribution in [3.05, 3.63) is 0 Å². The monoisotopic (exact) mass is 314 g/mol. The topological polar surface area (TPSA) is 34.2 Å². The van der Waals surface area contributed by atoms with E-state index >= 15 is 0 Å². The van der Waals surface area contributed by atoms with Gasteiger partial charge in [-0.15, -0.1) is 0 Å². The summed E-state index contributed by atoms with van der Waals surface area (Å²) in [5, 5.41) is 0. The molecule has 0 atom stereocenters. The molecule has 1 saturated heterocycles. The van der Waals surface area contributed by atoms with Crippen molar-refractivity contribution in [1.29, 1.82) is 0 Å². The highest BCUT2D eigenvalue weighted by Gasteiger charge is 2.29. The third-order valence-corrected chi connectivity index (χ3v) is 4.93. The molecule has 22 heavy (non-hydrogen) atoms. The van der Waals surface area contributed by atoms with Crippen LogP contribution in [0.1, 0.15) is 32.1 Å². The Morgan fingerprint density at radius 1 is 0.773 bits per heavy atom. The SMILES string of the molecule is COCCCCCN1CCN(CCOC2CC(OC)C2)CC1. The molecule has 1 heterocycles. The molecule has 0 aromatic heterocycles. The second kappa shape index (κ2) is 10.6. The maximum absolute atomic E-state index is 5.89. The second-order valence-electron chi connectivity index (χ2n) is 6.56. The van der Waals surface area contributed by atoms with E-state index in [-0.39, 0.29) is 0 Å². The largest absolute Gasteiger partial charge is 0.385 e. The van der Waals surface area contributed by atoms with Crippen molar-refractivity contribution in [3.63, 3.8) is 0 Å². The van der Waals surface area contributed by atoms with Crippen molar-refractivity contribution in [1.82, 2.24) is 9.80 Å². The molecule has 0 bridgehead atoms. The van der Waals surface area contributed by atoms with E-state index in [0.29, 0.717) is 12.2 Å². The van der Waals surface area contributed by atoms with Crippen LogP contribution in [0.2, 0.25) is 0 Å². The van der Waals surface area contributed by atoms with Crippen molar-refractivity contribution in [2.75, 3.05) is 66.7 Å². The summed E-state index contributed by atoms with van der Waals surface area (Å²) in [5.74, 6) is 0. The van der Waals surface area contributed by atoms with Crippen molar-refractivity contribution in [2.24, 2.45) is 0 Å². The Kier molecular flexibility index (Phi) is 8.70. The minimum absolute atomic E-state index is 0.442. The van der Waals surface area contributed by atoms with Crippen LogP contribution in [0, 0.1) is 0 Å². The predicted octanol–water partition coefficient (Wildman–Crippen LogP) is 1.61. The van der Waals surface area contributed by atoms with Crippen molar-refractivity contribution < 1.29 is 14.2 Å². The summed E-state index contributed by atoms with van der Waals surface area (Å²) < 4.78 is 16.3. The lowest BCUT2D eigenvalue weighted by molar-refractivity contribution is -0.0906. The fraction of sp³-hybridized carbons (Fsp3) is 1.00. The summed E-state index contributed by atoms with van der Waals surface area (Å²) in [6.07, 6.45) is 6.82. The Morgan fingerprint density at radius 3 is 2.09 bits per heavy atom. The molecule has 0 radical (unpaired) electrons. The lowest BCUT2D eigenvalue weighted by atomic mass is 9.92. The molecular formula is C17H34N2O3. The van der Waals surface area contributed by atoms with Crippen LogP contribution in [0.3, 0.4) is 0 Å². The molecule has 5 nitrogen and oxygen atoms in total. The molecule has 2 aliphatic rings. The number of nitrogens with zero attached hydrogens (tertiary/aromatic N) is 2. The quantitative estimate of drug-likeness (QED) is 0.541. The minimum Gasteiger partial charge on any atom is -0.385 e. The smallest absolute Gasteiger partial charge is 0.0625 e. The van der Waals surface area contributed by atoms with Crippen LogP contribution in [0.4, 0.5) is 0 Å². The standard InChI is InChI=1S/C17H34N2O3/c1-20-12-5-3-4-6-18-7-9-19(10-8-18)11-13-22-17-14-16(15-17)21-2/h16-17H,3-15H2,1-2H3. The van der Waals surface area contributed by atoms with Crippen LogP contribution in [-0.4, -0.2) is 88.7 Å². The summed E-state index contributed by atoms with van der Waals surface area (Å²) in [4.78, 5) is 5.13. The van der Waals surface area contributed by atoms with E-state index in [1.165, 1.54) is 52.0 Å². The zero-order chi connectivity index (χ0) is 15.6. The molecule has 0 aromatic carbocycles. The van der Waals surface area contributed by atoms with Gasteiger partial charge in [0.25, 0.3) is 0 Å². The van der Waals surface area contributed by atoms with E-state index in [2.05, 4.69) is 9.80 Å². The molecule has 2 rings (SSSR count). The molecule has 1 aliphatic carbocycles. The first-order valence-corrected chi connectivity index (χ1v) is 8.90. The summed E-state index contributed by atoms with van der Waals surface area (Å²) in [5.41, 5.74) is 0. The van der Waals surface area contributed by atoms with Crippen molar-refractivity contribution in [3.8, 4) is 0 Å². The van der Waals surface area contributed by atoms with E-state index in [9.17, 15) is 0 Å². The number of rotatable bonds is 11. The fourth-order valence-corrected chi connectivity index (χ4v) is 3.19. The van der Waals surface area contributed by atoms with Gasteiger partial charge in [-0.25, -0.2) is 0 Å². The Morgan fingerprint density at radius 2 is 1.45 bits per heavy atom. The van der Waals surface area contributed by atoms with Crippen molar-refractivity contribution in [2.45, 2.75) is 44.3 Å². The summed E-state index contributed by atoms with van der Waals surface area (Å²) in [6, 6.07) is 0. The zero-order valence-electron chi connectivity index (χ0n) is 14.5. The lowest BCUT2D eigenvalue weighted by Crippen LogP contribution is -2.48. The van der Waals surface area contributed by atoms with Gasteiger partial charge < -0.3 is 19.1 Å². The van der Waals surface area contributed by atoms with Gasteiger partial charge in [0.2, 0.25) is 0 Å². The van der Waals surface area contributed by atoms with Crippen LogP contribution in [0.15, 0.2) is 0 Å². The highest BCUT2D eigenvalue weighted by Crippen LogP contribution is 2.25. The zero-order valence-corrected chi connectivity index (χ0v) is 14.5. The van der Waals surface area contributed by atoms with Gasteiger partial charge in [-0.1, -0.05) is 0 Å². The van der Waals surface area contributed by atoms with Crippen LogP contribution in [0.5, 0.6) is 0 Å². The third-order valence-electron chi connectivity index (χ3n) is 4.93. The molecule has 1 saturated carbocycles. The predicted molar refractivity (Wildman–Crippen MR) is 88.4 cm³/mol. The van der Waals surface area contributed by atoms with E-state index in [0.717, 1.165) is 32.6 Å². The molecule has 2 fully saturated rings. The average molecular weight is 314 g/mol. The highest BCUT2D eigenvalue weighted by molar-refractivity contribution is 4.81. The number of methoxy groups -OCH3 is 2. The Bertz CT molecular complexity index is 277. The summed E-state index contributed by atoms with van der Waals surface area (Å²) >= 11 is 0. The third kappa shape index (κ3) is 6.50. The first-order chi connectivity index (χ1) is 10.8. The number of piperazine rings is 1. The van der Waals surface area contributed by atoms with Gasteiger partial charge in [-0.3, -0.25) is 4.90 Å². The van der Waals surface area contributed by atoms with Crippen molar-refractivity contribution >= 4 is 0 Å². The molecule has 0 aromatic rings. The Labute approximate surface area is 135 Å². The number of unbranched alkanes of at least 4 members (excludes halogenated alkanes) is 2. The minimum atomic E-state index is 0.442. The van der Waals surface area contributed by atoms with Gasteiger partial charge in [0, 0.05) is 53.6 Å². The maximum atomic E-state index is 5.89. The fourth-order valence-electron chi connectivity index (χ4n) is 3.19. The van der Waals surface area contributed by atoms with Gasteiger partial charge in [-0.2, -0.15) is 0 Å². The molecule has 0 unspecified atom stereocenters. The summed E-state index contributed by atoms with van der Waals surface area (Å²) in [7, 11) is 3.57. The van der Waals surface area contributed by atoms with Crippen LogP contribution < -0.4 is 0 Å². The normalized spacial score (nSPS) is 27.0. The van der Waals surface area contributed by atoms with Crippen LogP contribution >= 0.6 is 0 Å². The molecule has 0 spiro atoms. The number of hydrogen-bond acceptors (Lipinski definition) is 5. The second-order valence-corrected chi connectivity index (χ2v) is 6.56. The Balaban J connectivity index is 1.42. The van der Waals surface area contributed by atoms with Crippen LogP contribution in [0.25, 0.3) is 0 Å². The van der Waals surface area contributed by atoms with Gasteiger partial charge in [0.05, 0.1) is 18.8 Å². The lowest BCUT2D eigenvalue weighted by Gasteiger charge is -2.36. The maximum Gasteiger partial charge on any atom is 0.0625 e. The molecule has 130 valence electrons. The van der Waals surface area contributed by atoms with E-state index in [1.807, 2.05) is 0 Å². The number of hydrogen-bond donors (Lipinski definition) is 0. The van der Waals surface area contributed by atoms with E-state index < -0.39 is 0 Å². The average Bonchev–Trinajstić information content (AvgIpc) is 2.50. The first kappa shape index (κ1) is 18.1. The molecule has 5 heteroatoms. The molecule has 0 N–H and O–H groups in total. The van der Waals surface area contributed by atoms with Gasteiger partial charge in [-0.05, 0) is 38.6 Å². The molecular weight excluding hydrogens is 280 g/mol. The van der Waals surface area contributed by atoms with E-state index in [1.54, 1.807) is 14.2 Å².